The molecule has 1 rings (SSSR count). The summed E-state index contributed by atoms with van der Waals surface area (Å²) in [6, 6.07) is 5.37. The summed E-state index contributed by atoms with van der Waals surface area (Å²) >= 11 is 7.27. The molecule has 0 aromatic heterocycles. The molecule has 0 bridgehead atoms. The van der Waals surface area contributed by atoms with Gasteiger partial charge in [0.05, 0.1) is 9.92 Å². The summed E-state index contributed by atoms with van der Waals surface area (Å²) in [7, 11) is 0. The fraction of sp³-hybridized carbons (Fsp3) is 0.250. The molecule has 1 nitrogen and oxygen atoms in total. The third kappa shape index (κ3) is 2.04. The number of hydrogen-bond acceptors (Lipinski definition) is 2. The first-order valence-corrected chi connectivity index (χ1v) is 4.72. The molecular formula is C8H9ClOS. The molecule has 0 saturated carbocycles. The van der Waals surface area contributed by atoms with Crippen molar-refractivity contribution in [1.82, 2.24) is 0 Å². The first-order chi connectivity index (χ1) is 5.25. The Morgan fingerprint density at radius 3 is 2.91 bits per heavy atom. The van der Waals surface area contributed by atoms with Crippen molar-refractivity contribution in [2.24, 2.45) is 0 Å². The maximum atomic E-state index is 9.38. The highest BCUT2D eigenvalue weighted by Gasteiger charge is 2.03. The van der Waals surface area contributed by atoms with Gasteiger partial charge in [-0.05, 0) is 17.9 Å². The Balaban J connectivity index is 2.96. The van der Waals surface area contributed by atoms with Crippen LogP contribution >= 0.6 is 23.4 Å². The Labute approximate surface area is 75.4 Å². The molecular weight excluding hydrogens is 180 g/mol. The van der Waals surface area contributed by atoms with E-state index >= 15 is 0 Å². The lowest BCUT2D eigenvalue weighted by Crippen LogP contribution is -1.75. The van der Waals surface area contributed by atoms with Crippen LogP contribution in [0.5, 0.6) is 5.75 Å². The third-order valence-electron chi connectivity index (χ3n) is 1.25. The van der Waals surface area contributed by atoms with Crippen LogP contribution in [0.1, 0.15) is 6.92 Å². The van der Waals surface area contributed by atoms with E-state index in [4.69, 9.17) is 11.6 Å². The van der Waals surface area contributed by atoms with E-state index in [2.05, 4.69) is 0 Å². The maximum Gasteiger partial charge on any atom is 0.147 e. The molecule has 1 N–H and O–H groups in total. The van der Waals surface area contributed by atoms with Gasteiger partial charge in [-0.1, -0.05) is 24.6 Å². The molecule has 3 heteroatoms. The van der Waals surface area contributed by atoms with Crippen molar-refractivity contribution in [3.05, 3.63) is 23.2 Å². The Kier molecular flexibility index (Phi) is 3.09. The number of halogens is 1. The van der Waals surface area contributed by atoms with Gasteiger partial charge >= 0.3 is 0 Å². The summed E-state index contributed by atoms with van der Waals surface area (Å²) in [5.74, 6) is 1.13. The average Bonchev–Trinajstić information content (AvgIpc) is 1.99. The van der Waals surface area contributed by atoms with Crippen LogP contribution in [0, 0.1) is 0 Å². The molecule has 1 aromatic carbocycles. The quantitative estimate of drug-likeness (QED) is 0.720. The fourth-order valence-corrected chi connectivity index (χ4v) is 1.73. The highest BCUT2D eigenvalue weighted by Crippen LogP contribution is 2.33. The van der Waals surface area contributed by atoms with Gasteiger partial charge in [-0.15, -0.1) is 11.8 Å². The summed E-state index contributed by atoms with van der Waals surface area (Å²) in [6.45, 7) is 2.03. The molecule has 0 aliphatic carbocycles. The summed E-state index contributed by atoms with van der Waals surface area (Å²) < 4.78 is 0. The number of para-hydroxylation sites is 1. The molecule has 0 atom stereocenters. The van der Waals surface area contributed by atoms with E-state index in [0.717, 1.165) is 10.6 Å². The van der Waals surface area contributed by atoms with Crippen LogP contribution < -0.4 is 0 Å². The van der Waals surface area contributed by atoms with Gasteiger partial charge in [0.1, 0.15) is 5.75 Å². The molecule has 0 spiro atoms. The monoisotopic (exact) mass is 188 g/mol. The zero-order chi connectivity index (χ0) is 8.27. The molecule has 0 unspecified atom stereocenters. The lowest BCUT2D eigenvalue weighted by molar-refractivity contribution is 0.463. The molecule has 60 valence electrons. The molecule has 0 radical (unpaired) electrons. The minimum absolute atomic E-state index is 0.195. The molecule has 11 heavy (non-hydrogen) atoms. The lowest BCUT2D eigenvalue weighted by Gasteiger charge is -2.02. The van der Waals surface area contributed by atoms with E-state index in [9.17, 15) is 5.11 Å². The Morgan fingerprint density at radius 2 is 2.27 bits per heavy atom. The Bertz CT molecular complexity index is 250. The molecule has 0 fully saturated rings. The predicted molar refractivity (Wildman–Crippen MR) is 49.5 cm³/mol. The Morgan fingerprint density at radius 1 is 1.55 bits per heavy atom. The predicted octanol–water partition coefficient (Wildman–Crippen LogP) is 3.16. The van der Waals surface area contributed by atoms with Crippen LogP contribution in [0.15, 0.2) is 23.1 Å². The van der Waals surface area contributed by atoms with Gasteiger partial charge < -0.3 is 5.11 Å². The number of hydrogen-bond donors (Lipinski definition) is 1. The SMILES string of the molecule is CCSc1cccc(Cl)c1O. The van der Waals surface area contributed by atoms with E-state index in [1.165, 1.54) is 0 Å². The topological polar surface area (TPSA) is 20.2 Å². The highest BCUT2D eigenvalue weighted by atomic mass is 35.5. The number of phenolic OH excluding ortho intramolecular Hbond substituents is 1. The molecule has 0 amide bonds. The van der Waals surface area contributed by atoms with Crippen molar-refractivity contribution in [3.63, 3.8) is 0 Å². The maximum absolute atomic E-state index is 9.38. The molecule has 1 aromatic rings. The van der Waals surface area contributed by atoms with E-state index in [1.807, 2.05) is 19.1 Å². The summed E-state index contributed by atoms with van der Waals surface area (Å²) in [5, 5.41) is 9.80. The van der Waals surface area contributed by atoms with Crippen LogP contribution in [-0.4, -0.2) is 10.9 Å². The molecule has 0 heterocycles. The normalized spacial score (nSPS) is 10.0. The largest absolute Gasteiger partial charge is 0.505 e. The molecule has 0 aliphatic rings. The molecule has 0 saturated heterocycles. The van der Waals surface area contributed by atoms with Gasteiger partial charge in [-0.2, -0.15) is 0 Å². The van der Waals surface area contributed by atoms with E-state index in [-0.39, 0.29) is 5.75 Å². The van der Waals surface area contributed by atoms with Crippen molar-refractivity contribution >= 4 is 23.4 Å². The average molecular weight is 189 g/mol. The third-order valence-corrected chi connectivity index (χ3v) is 2.48. The second-order valence-electron chi connectivity index (χ2n) is 2.02. The van der Waals surface area contributed by atoms with Crippen molar-refractivity contribution in [2.45, 2.75) is 11.8 Å². The summed E-state index contributed by atoms with van der Waals surface area (Å²) in [6.07, 6.45) is 0. The number of thioether (sulfide) groups is 1. The minimum Gasteiger partial charge on any atom is -0.505 e. The van der Waals surface area contributed by atoms with Crippen LogP contribution in [0.3, 0.4) is 0 Å². The molecule has 0 aliphatic heterocycles. The van der Waals surface area contributed by atoms with Gasteiger partial charge in [0.15, 0.2) is 0 Å². The summed E-state index contributed by atoms with van der Waals surface area (Å²) in [4.78, 5) is 0.847. The van der Waals surface area contributed by atoms with Gasteiger partial charge in [-0.3, -0.25) is 0 Å². The van der Waals surface area contributed by atoms with Crippen LogP contribution in [0.25, 0.3) is 0 Å². The van der Waals surface area contributed by atoms with Crippen LogP contribution in [-0.2, 0) is 0 Å². The lowest BCUT2D eigenvalue weighted by atomic mass is 10.3. The van der Waals surface area contributed by atoms with Crippen molar-refractivity contribution in [1.29, 1.82) is 0 Å². The van der Waals surface area contributed by atoms with Crippen molar-refractivity contribution in [3.8, 4) is 5.75 Å². The van der Waals surface area contributed by atoms with Gasteiger partial charge in [0, 0.05) is 0 Å². The van der Waals surface area contributed by atoms with E-state index in [1.54, 1.807) is 17.8 Å². The zero-order valence-electron chi connectivity index (χ0n) is 6.17. The first-order valence-electron chi connectivity index (χ1n) is 3.36. The Hall–Kier alpha value is -0.340. The van der Waals surface area contributed by atoms with Gasteiger partial charge in [-0.25, -0.2) is 0 Å². The van der Waals surface area contributed by atoms with Gasteiger partial charge in [0.25, 0.3) is 0 Å². The van der Waals surface area contributed by atoms with E-state index < -0.39 is 0 Å². The van der Waals surface area contributed by atoms with Crippen LogP contribution in [0.2, 0.25) is 5.02 Å². The van der Waals surface area contributed by atoms with Gasteiger partial charge in [0.2, 0.25) is 0 Å². The highest BCUT2D eigenvalue weighted by molar-refractivity contribution is 7.99. The number of benzene rings is 1. The number of rotatable bonds is 2. The fourth-order valence-electron chi connectivity index (χ4n) is 0.768. The second-order valence-corrected chi connectivity index (χ2v) is 3.73. The van der Waals surface area contributed by atoms with E-state index in [0.29, 0.717) is 5.02 Å². The smallest absolute Gasteiger partial charge is 0.147 e. The van der Waals surface area contributed by atoms with Crippen molar-refractivity contribution in [2.75, 3.05) is 5.75 Å². The van der Waals surface area contributed by atoms with Crippen molar-refractivity contribution < 1.29 is 5.11 Å². The standard InChI is InChI=1S/C8H9ClOS/c1-2-11-7-5-3-4-6(9)8(7)10/h3-5,10H,2H2,1H3. The second kappa shape index (κ2) is 3.88. The first kappa shape index (κ1) is 8.75. The number of phenols is 1. The van der Waals surface area contributed by atoms with Crippen LogP contribution in [0.4, 0.5) is 0 Å². The number of aromatic hydroxyl groups is 1. The summed E-state index contributed by atoms with van der Waals surface area (Å²) in [5.41, 5.74) is 0. The minimum atomic E-state index is 0.195. The zero-order valence-corrected chi connectivity index (χ0v) is 7.75.